The maximum absolute atomic E-state index is 10.7. The second-order valence-corrected chi connectivity index (χ2v) is 3.14. The van der Waals surface area contributed by atoms with Gasteiger partial charge in [0, 0.05) is 23.6 Å². The molecule has 0 radical (unpaired) electrons. The molecule has 1 atom stereocenters. The molecule has 5 heteroatoms. The Morgan fingerprint density at radius 3 is 2.85 bits per heavy atom. The van der Waals surface area contributed by atoms with Crippen LogP contribution in [0.3, 0.4) is 0 Å². The Hall–Kier alpha value is -1.65. The van der Waals surface area contributed by atoms with Crippen molar-refractivity contribution in [1.29, 1.82) is 0 Å². The highest BCUT2D eigenvalue weighted by molar-refractivity contribution is 5.92. The molecule has 0 amide bonds. The predicted molar refractivity (Wildman–Crippen MR) is 49.9 cm³/mol. The van der Waals surface area contributed by atoms with Crippen LogP contribution < -0.4 is 5.73 Å². The van der Waals surface area contributed by atoms with Crippen molar-refractivity contribution in [1.82, 2.24) is 0 Å². The van der Waals surface area contributed by atoms with Crippen molar-refractivity contribution in [3.05, 3.63) is 34.0 Å². The first-order valence-electron chi connectivity index (χ1n) is 3.81. The second kappa shape index (κ2) is 3.01. The number of hydrogen-bond donors (Lipinski definition) is 1. The van der Waals surface area contributed by atoms with Crippen molar-refractivity contribution < 1.29 is 4.92 Å². The molecule has 0 saturated carbocycles. The molecular weight excluding hydrogens is 170 g/mol. The van der Waals surface area contributed by atoms with Crippen molar-refractivity contribution in [3.8, 4) is 0 Å². The molecule has 0 saturated heterocycles. The summed E-state index contributed by atoms with van der Waals surface area (Å²) < 4.78 is 0. The third-order valence-electron chi connectivity index (χ3n) is 1.79. The molecule has 0 aliphatic carbocycles. The molecular formula is C8H11N3O2. The number of allylic oxidation sites excluding steroid dienone is 1. The highest BCUT2D eigenvalue weighted by Gasteiger charge is 2.32. The van der Waals surface area contributed by atoms with E-state index < -0.39 is 5.54 Å². The van der Waals surface area contributed by atoms with E-state index in [-0.39, 0.29) is 4.92 Å². The Morgan fingerprint density at radius 2 is 2.31 bits per heavy atom. The molecule has 1 unspecified atom stereocenters. The summed E-state index contributed by atoms with van der Waals surface area (Å²) in [6.07, 6.45) is 4.36. The summed E-state index contributed by atoms with van der Waals surface area (Å²) in [5, 5.41) is 10.7. The number of amidine groups is 1. The van der Waals surface area contributed by atoms with Gasteiger partial charge in [-0.25, -0.2) is 4.99 Å². The summed E-state index contributed by atoms with van der Waals surface area (Å²) in [4.78, 5) is 14.2. The van der Waals surface area contributed by atoms with Crippen LogP contribution in [-0.2, 0) is 0 Å². The van der Waals surface area contributed by atoms with E-state index in [9.17, 15) is 10.1 Å². The van der Waals surface area contributed by atoms with Gasteiger partial charge in [-0.2, -0.15) is 0 Å². The summed E-state index contributed by atoms with van der Waals surface area (Å²) in [6, 6.07) is 0. The van der Waals surface area contributed by atoms with E-state index in [1.54, 1.807) is 6.92 Å². The van der Waals surface area contributed by atoms with E-state index >= 15 is 0 Å². The third-order valence-corrected chi connectivity index (χ3v) is 1.79. The van der Waals surface area contributed by atoms with Crippen LogP contribution in [-0.4, -0.2) is 16.3 Å². The van der Waals surface area contributed by atoms with Crippen molar-refractivity contribution in [3.63, 3.8) is 0 Å². The SMILES string of the molecule is CC1=CC(C)([N+](=O)[O-])C=CC(N)=N1. The zero-order valence-corrected chi connectivity index (χ0v) is 7.52. The smallest absolute Gasteiger partial charge is 0.258 e. The van der Waals surface area contributed by atoms with E-state index in [2.05, 4.69) is 4.99 Å². The fourth-order valence-corrected chi connectivity index (χ4v) is 1.11. The van der Waals surface area contributed by atoms with Gasteiger partial charge in [0.25, 0.3) is 5.54 Å². The predicted octanol–water partition coefficient (Wildman–Crippen LogP) is 0.853. The first kappa shape index (κ1) is 9.44. The van der Waals surface area contributed by atoms with Crippen molar-refractivity contribution in [2.75, 3.05) is 0 Å². The summed E-state index contributed by atoms with van der Waals surface area (Å²) in [6.45, 7) is 3.18. The first-order valence-corrected chi connectivity index (χ1v) is 3.81. The summed E-state index contributed by atoms with van der Waals surface area (Å²) >= 11 is 0. The Labute approximate surface area is 75.8 Å². The van der Waals surface area contributed by atoms with Crippen molar-refractivity contribution in [2.45, 2.75) is 19.4 Å². The van der Waals surface area contributed by atoms with Crippen LogP contribution in [0.1, 0.15) is 13.8 Å². The minimum absolute atomic E-state index is 0.291. The van der Waals surface area contributed by atoms with Gasteiger partial charge in [-0.05, 0) is 19.1 Å². The van der Waals surface area contributed by atoms with Gasteiger partial charge in [0.2, 0.25) is 0 Å². The Kier molecular flexibility index (Phi) is 2.18. The maximum atomic E-state index is 10.7. The number of rotatable bonds is 1. The van der Waals surface area contributed by atoms with Crippen LogP contribution in [0.2, 0.25) is 0 Å². The molecule has 0 aromatic rings. The van der Waals surface area contributed by atoms with Crippen molar-refractivity contribution >= 4 is 5.84 Å². The number of nitrogens with two attached hydrogens (primary N) is 1. The molecule has 2 N–H and O–H groups in total. The van der Waals surface area contributed by atoms with Crippen LogP contribution >= 0.6 is 0 Å². The fraction of sp³-hybridized carbons (Fsp3) is 0.375. The van der Waals surface area contributed by atoms with Crippen molar-refractivity contribution in [2.24, 2.45) is 10.7 Å². The fourth-order valence-electron chi connectivity index (χ4n) is 1.11. The van der Waals surface area contributed by atoms with Gasteiger partial charge in [-0.15, -0.1) is 0 Å². The third kappa shape index (κ3) is 1.93. The zero-order chi connectivity index (χ0) is 10.1. The van der Waals surface area contributed by atoms with Gasteiger partial charge in [0.05, 0.1) is 0 Å². The van der Waals surface area contributed by atoms with Gasteiger partial charge in [0.15, 0.2) is 0 Å². The molecule has 0 bridgehead atoms. The largest absolute Gasteiger partial charge is 0.384 e. The average Bonchev–Trinajstić information content (AvgIpc) is 2.11. The number of hydrogen-bond acceptors (Lipinski definition) is 4. The number of nitrogens with zero attached hydrogens (tertiary/aromatic N) is 2. The van der Waals surface area contributed by atoms with Gasteiger partial charge in [-0.1, -0.05) is 0 Å². The second-order valence-electron chi connectivity index (χ2n) is 3.14. The number of aliphatic imine (C=N–C) groups is 1. The van der Waals surface area contributed by atoms with E-state index in [0.717, 1.165) is 0 Å². The lowest BCUT2D eigenvalue weighted by Crippen LogP contribution is -2.30. The lowest BCUT2D eigenvalue weighted by Gasteiger charge is -2.10. The molecule has 0 aromatic carbocycles. The molecule has 5 nitrogen and oxygen atoms in total. The van der Waals surface area contributed by atoms with E-state index in [4.69, 9.17) is 5.73 Å². The van der Waals surface area contributed by atoms with Gasteiger partial charge >= 0.3 is 0 Å². The monoisotopic (exact) mass is 181 g/mol. The topological polar surface area (TPSA) is 81.5 Å². The lowest BCUT2D eigenvalue weighted by molar-refractivity contribution is -0.535. The molecule has 1 aliphatic heterocycles. The average molecular weight is 181 g/mol. The van der Waals surface area contributed by atoms with Crippen LogP contribution in [0, 0.1) is 10.1 Å². The molecule has 13 heavy (non-hydrogen) atoms. The minimum atomic E-state index is -1.20. The molecule has 0 spiro atoms. The van der Waals surface area contributed by atoms with Gasteiger partial charge in [-0.3, -0.25) is 10.1 Å². The Morgan fingerprint density at radius 1 is 1.69 bits per heavy atom. The highest BCUT2D eigenvalue weighted by Crippen LogP contribution is 2.18. The van der Waals surface area contributed by atoms with Crippen LogP contribution in [0.15, 0.2) is 28.9 Å². The maximum Gasteiger partial charge on any atom is 0.258 e. The van der Waals surface area contributed by atoms with E-state index in [1.807, 2.05) is 0 Å². The molecule has 70 valence electrons. The molecule has 1 heterocycles. The van der Waals surface area contributed by atoms with Gasteiger partial charge in [0.1, 0.15) is 5.84 Å². The zero-order valence-electron chi connectivity index (χ0n) is 7.52. The summed E-state index contributed by atoms with van der Waals surface area (Å²) in [5.41, 5.74) is 4.80. The molecule has 0 fully saturated rings. The highest BCUT2D eigenvalue weighted by atomic mass is 16.6. The van der Waals surface area contributed by atoms with E-state index in [1.165, 1.54) is 25.2 Å². The van der Waals surface area contributed by atoms with Crippen LogP contribution in [0.25, 0.3) is 0 Å². The molecule has 1 rings (SSSR count). The van der Waals surface area contributed by atoms with Crippen LogP contribution in [0.4, 0.5) is 0 Å². The quantitative estimate of drug-likeness (QED) is 0.481. The number of nitro groups is 1. The Bertz CT molecular complexity index is 330. The summed E-state index contributed by atoms with van der Waals surface area (Å²) in [5.74, 6) is 0.291. The Balaban J connectivity index is 3.14. The minimum Gasteiger partial charge on any atom is -0.384 e. The molecule has 0 aromatic heterocycles. The normalized spacial score (nSPS) is 27.5. The molecule has 1 aliphatic rings. The lowest BCUT2D eigenvalue weighted by atomic mass is 10.0. The van der Waals surface area contributed by atoms with Crippen LogP contribution in [0.5, 0.6) is 0 Å². The summed E-state index contributed by atoms with van der Waals surface area (Å²) in [7, 11) is 0. The van der Waals surface area contributed by atoms with E-state index in [0.29, 0.717) is 11.5 Å². The first-order chi connectivity index (χ1) is 5.94. The standard InChI is InChI=1S/C8H11N3O2/c1-6-5-8(2,11(12)13)4-3-7(9)10-6/h3-5H,1-2H3,(H2,9,10). The van der Waals surface area contributed by atoms with Gasteiger partial charge < -0.3 is 5.73 Å².